The first-order valence-electron chi connectivity index (χ1n) is 6.35. The van der Waals surface area contributed by atoms with Crippen molar-refractivity contribution in [3.63, 3.8) is 0 Å². The Hall–Kier alpha value is -1.75. The van der Waals surface area contributed by atoms with E-state index in [0.717, 1.165) is 30.2 Å². The minimum atomic E-state index is -0.146. The van der Waals surface area contributed by atoms with Crippen molar-refractivity contribution in [2.75, 3.05) is 34.0 Å². The summed E-state index contributed by atoms with van der Waals surface area (Å²) < 4.78 is 15.6. The average molecular weight is 263 g/mol. The van der Waals surface area contributed by atoms with E-state index in [1.807, 2.05) is 25.2 Å². The van der Waals surface area contributed by atoms with Crippen molar-refractivity contribution >= 4 is 5.97 Å². The summed E-state index contributed by atoms with van der Waals surface area (Å²) in [6, 6.07) is 5.89. The van der Waals surface area contributed by atoms with Crippen LogP contribution >= 0.6 is 0 Å². The highest BCUT2D eigenvalue weighted by atomic mass is 16.7. The van der Waals surface area contributed by atoms with Gasteiger partial charge < -0.3 is 19.1 Å². The topological polar surface area (TPSA) is 48.0 Å². The summed E-state index contributed by atoms with van der Waals surface area (Å²) in [6.07, 6.45) is 0. The molecule has 0 saturated carbocycles. The molecule has 3 rings (SSSR count). The molecule has 0 amide bonds. The predicted molar refractivity (Wildman–Crippen MR) is 68.3 cm³/mol. The quantitative estimate of drug-likeness (QED) is 0.751. The van der Waals surface area contributed by atoms with Crippen molar-refractivity contribution in [3.8, 4) is 11.5 Å². The maximum atomic E-state index is 11.9. The number of carbonyl (C=O) groups excluding carboxylic acids is 1. The third kappa shape index (κ3) is 2.14. The van der Waals surface area contributed by atoms with E-state index < -0.39 is 0 Å². The van der Waals surface area contributed by atoms with Crippen molar-refractivity contribution in [2.24, 2.45) is 5.92 Å². The standard InChI is InChI=1S/C14H17NO4/c1-15-6-10(11(7-15)14(16)17-2)9-3-4-12-13(5-9)19-8-18-12/h3-5,10-11H,6-8H2,1-2H3/t10-,11+/m0/s1. The first kappa shape index (κ1) is 12.3. The Morgan fingerprint density at radius 2 is 2.11 bits per heavy atom. The molecule has 0 aliphatic carbocycles. The number of carbonyl (C=O) groups is 1. The predicted octanol–water partition coefficient (Wildman–Crippen LogP) is 1.23. The Labute approximate surface area is 112 Å². The molecule has 2 aliphatic rings. The third-order valence-corrected chi connectivity index (χ3v) is 3.83. The molecule has 0 aromatic heterocycles. The maximum Gasteiger partial charge on any atom is 0.310 e. The van der Waals surface area contributed by atoms with E-state index >= 15 is 0 Å². The molecule has 102 valence electrons. The second-order valence-electron chi connectivity index (χ2n) is 5.07. The lowest BCUT2D eigenvalue weighted by molar-refractivity contribution is -0.145. The van der Waals surface area contributed by atoms with Crippen LogP contribution in [-0.2, 0) is 9.53 Å². The van der Waals surface area contributed by atoms with Gasteiger partial charge in [-0.2, -0.15) is 0 Å². The van der Waals surface area contributed by atoms with Crippen LogP contribution in [0.3, 0.4) is 0 Å². The van der Waals surface area contributed by atoms with Gasteiger partial charge >= 0.3 is 5.97 Å². The molecule has 5 nitrogen and oxygen atoms in total. The number of nitrogens with zero attached hydrogens (tertiary/aromatic N) is 1. The van der Waals surface area contributed by atoms with Gasteiger partial charge in [-0.1, -0.05) is 6.07 Å². The van der Waals surface area contributed by atoms with Crippen molar-refractivity contribution in [2.45, 2.75) is 5.92 Å². The number of esters is 1. The molecule has 1 aromatic carbocycles. The van der Waals surface area contributed by atoms with Crippen molar-refractivity contribution in [1.82, 2.24) is 4.90 Å². The summed E-state index contributed by atoms with van der Waals surface area (Å²) >= 11 is 0. The zero-order chi connectivity index (χ0) is 13.4. The molecule has 0 radical (unpaired) electrons. The summed E-state index contributed by atoms with van der Waals surface area (Å²) in [7, 11) is 3.46. The lowest BCUT2D eigenvalue weighted by atomic mass is 9.89. The fourth-order valence-electron chi connectivity index (χ4n) is 2.87. The molecule has 2 atom stereocenters. The van der Waals surface area contributed by atoms with Gasteiger partial charge in [-0.25, -0.2) is 0 Å². The van der Waals surface area contributed by atoms with Gasteiger partial charge in [0.2, 0.25) is 6.79 Å². The molecule has 0 spiro atoms. The van der Waals surface area contributed by atoms with Gasteiger partial charge in [0, 0.05) is 19.0 Å². The second-order valence-corrected chi connectivity index (χ2v) is 5.07. The number of hydrogen-bond donors (Lipinski definition) is 0. The first-order chi connectivity index (χ1) is 9.19. The highest BCUT2D eigenvalue weighted by Gasteiger charge is 2.38. The number of fused-ring (bicyclic) bond motifs is 1. The van der Waals surface area contributed by atoms with Crippen LogP contribution in [0.5, 0.6) is 11.5 Å². The van der Waals surface area contributed by atoms with E-state index in [4.69, 9.17) is 14.2 Å². The molecule has 19 heavy (non-hydrogen) atoms. The van der Waals surface area contributed by atoms with Crippen molar-refractivity contribution in [3.05, 3.63) is 23.8 Å². The molecular weight excluding hydrogens is 246 g/mol. The van der Waals surface area contributed by atoms with E-state index in [1.54, 1.807) is 0 Å². The lowest BCUT2D eigenvalue weighted by Gasteiger charge is -2.17. The Morgan fingerprint density at radius 1 is 1.32 bits per heavy atom. The summed E-state index contributed by atoms with van der Waals surface area (Å²) in [4.78, 5) is 14.0. The fraction of sp³-hybridized carbons (Fsp3) is 0.500. The number of likely N-dealkylation sites (N-methyl/N-ethyl adjacent to an activating group) is 1. The van der Waals surface area contributed by atoms with E-state index in [9.17, 15) is 4.79 Å². The smallest absolute Gasteiger partial charge is 0.310 e. The van der Waals surface area contributed by atoms with Crippen molar-refractivity contribution < 1.29 is 19.0 Å². The van der Waals surface area contributed by atoms with Crippen LogP contribution in [0, 0.1) is 5.92 Å². The Bertz CT molecular complexity index is 502. The monoisotopic (exact) mass is 263 g/mol. The summed E-state index contributed by atoms with van der Waals surface area (Å²) in [6.45, 7) is 1.84. The van der Waals surface area contributed by atoms with Crippen LogP contribution in [0.25, 0.3) is 0 Å². The second kappa shape index (κ2) is 4.74. The summed E-state index contributed by atoms with van der Waals surface area (Å²) in [5, 5.41) is 0. The number of benzene rings is 1. The Balaban J connectivity index is 1.89. The lowest BCUT2D eigenvalue weighted by Crippen LogP contribution is -2.23. The van der Waals surface area contributed by atoms with Gasteiger partial charge in [0.25, 0.3) is 0 Å². The van der Waals surface area contributed by atoms with Crippen LogP contribution in [0.15, 0.2) is 18.2 Å². The molecule has 1 fully saturated rings. The minimum absolute atomic E-state index is 0.115. The maximum absolute atomic E-state index is 11.9. The van der Waals surface area contributed by atoms with E-state index in [1.165, 1.54) is 7.11 Å². The van der Waals surface area contributed by atoms with Crippen LogP contribution in [0.4, 0.5) is 0 Å². The number of ether oxygens (including phenoxy) is 3. The molecule has 1 saturated heterocycles. The first-order valence-corrected chi connectivity index (χ1v) is 6.35. The SMILES string of the molecule is COC(=O)[C@@H]1CN(C)C[C@H]1c1ccc2c(c1)OCO2. The summed E-state index contributed by atoms with van der Waals surface area (Å²) in [5.41, 5.74) is 1.10. The van der Waals surface area contributed by atoms with E-state index in [2.05, 4.69) is 4.90 Å². The van der Waals surface area contributed by atoms with Crippen LogP contribution in [-0.4, -0.2) is 44.9 Å². The molecule has 5 heteroatoms. The zero-order valence-electron chi connectivity index (χ0n) is 11.1. The summed E-state index contributed by atoms with van der Waals surface area (Å²) in [5.74, 6) is 1.41. The molecule has 0 bridgehead atoms. The van der Waals surface area contributed by atoms with Gasteiger partial charge in [0.1, 0.15) is 0 Å². The zero-order valence-corrected chi connectivity index (χ0v) is 11.1. The molecule has 0 N–H and O–H groups in total. The molecule has 1 aromatic rings. The Morgan fingerprint density at radius 3 is 2.89 bits per heavy atom. The van der Waals surface area contributed by atoms with Gasteiger partial charge in [0.05, 0.1) is 13.0 Å². The highest BCUT2D eigenvalue weighted by Crippen LogP contribution is 2.39. The van der Waals surface area contributed by atoms with Gasteiger partial charge in [-0.15, -0.1) is 0 Å². The average Bonchev–Trinajstić information content (AvgIpc) is 3.02. The van der Waals surface area contributed by atoms with Gasteiger partial charge in [0.15, 0.2) is 11.5 Å². The number of likely N-dealkylation sites (tertiary alicyclic amines) is 1. The van der Waals surface area contributed by atoms with Crippen molar-refractivity contribution in [1.29, 1.82) is 0 Å². The molecule has 0 unspecified atom stereocenters. The molecule has 2 aliphatic heterocycles. The van der Waals surface area contributed by atoms with Crippen LogP contribution in [0.1, 0.15) is 11.5 Å². The number of hydrogen-bond acceptors (Lipinski definition) is 5. The van der Waals surface area contributed by atoms with E-state index in [0.29, 0.717) is 0 Å². The normalized spacial score (nSPS) is 25.6. The fourth-order valence-corrected chi connectivity index (χ4v) is 2.87. The molecule has 2 heterocycles. The van der Waals surface area contributed by atoms with Gasteiger partial charge in [-0.3, -0.25) is 4.79 Å². The minimum Gasteiger partial charge on any atom is -0.469 e. The van der Waals surface area contributed by atoms with Crippen LogP contribution in [0.2, 0.25) is 0 Å². The largest absolute Gasteiger partial charge is 0.469 e. The Kier molecular flexibility index (Phi) is 3.06. The third-order valence-electron chi connectivity index (χ3n) is 3.83. The number of rotatable bonds is 2. The number of methoxy groups -OCH3 is 1. The van der Waals surface area contributed by atoms with Crippen LogP contribution < -0.4 is 9.47 Å². The molecular formula is C14H17NO4. The van der Waals surface area contributed by atoms with Gasteiger partial charge in [-0.05, 0) is 24.7 Å². The highest BCUT2D eigenvalue weighted by molar-refractivity contribution is 5.74. The van der Waals surface area contributed by atoms with E-state index in [-0.39, 0.29) is 24.6 Å².